The molecular formula is C21H22Cl2N8O5. The summed E-state index contributed by atoms with van der Waals surface area (Å²) in [4.78, 5) is 44.5. The second kappa shape index (κ2) is 13.3. The van der Waals surface area contributed by atoms with Crippen LogP contribution in [-0.2, 0) is 4.79 Å². The zero-order valence-corrected chi connectivity index (χ0v) is 20.2. The highest BCUT2D eigenvalue weighted by Gasteiger charge is 2.15. The van der Waals surface area contributed by atoms with Crippen LogP contribution in [0.3, 0.4) is 0 Å². The van der Waals surface area contributed by atoms with Crippen LogP contribution < -0.4 is 33.0 Å². The lowest BCUT2D eigenvalue weighted by Gasteiger charge is -2.07. The first-order valence-corrected chi connectivity index (χ1v) is 9.96. The Morgan fingerprint density at radius 3 is 2.17 bits per heavy atom. The Hall–Kier alpha value is -4.62. The molecule has 190 valence electrons. The number of phenols is 1. The second-order valence-electron chi connectivity index (χ2n) is 6.59. The lowest BCUT2D eigenvalue weighted by atomic mass is 10.2. The Balaban J connectivity index is 0.000000365. The number of hydrogen-bond donors (Lipinski definition) is 6. The Morgan fingerprint density at radius 2 is 1.61 bits per heavy atom. The van der Waals surface area contributed by atoms with Crippen LogP contribution in [0.25, 0.3) is 0 Å². The van der Waals surface area contributed by atoms with Gasteiger partial charge >= 0.3 is 11.9 Å². The lowest BCUT2D eigenvalue weighted by molar-refractivity contribution is -0.114. The van der Waals surface area contributed by atoms with Crippen molar-refractivity contribution in [2.45, 2.75) is 6.92 Å². The normalized spacial score (nSPS) is 9.50. The summed E-state index contributed by atoms with van der Waals surface area (Å²) in [7, 11) is 0. The molecule has 3 rings (SSSR count). The predicted octanol–water partition coefficient (Wildman–Crippen LogP) is 1.70. The Kier molecular flexibility index (Phi) is 10.9. The van der Waals surface area contributed by atoms with Gasteiger partial charge in [-0.25, -0.2) is 14.8 Å². The molecule has 0 aliphatic carbocycles. The van der Waals surface area contributed by atoms with Crippen molar-refractivity contribution in [3.63, 3.8) is 0 Å². The molecule has 2 amide bonds. The topological polar surface area (TPSA) is 235 Å². The van der Waals surface area contributed by atoms with Gasteiger partial charge in [0.1, 0.15) is 17.1 Å². The molecule has 2 aromatic carbocycles. The van der Waals surface area contributed by atoms with E-state index in [2.05, 4.69) is 20.3 Å². The minimum atomic E-state index is -0.832. The number of nitrogens with one attached hydrogen (secondary N) is 1. The maximum Gasteiger partial charge on any atom is 0.347 e. The minimum Gasteiger partial charge on any atom is -0.507 e. The maximum atomic E-state index is 11.8. The molecule has 10 N–H and O–H groups in total. The summed E-state index contributed by atoms with van der Waals surface area (Å²) in [5, 5.41) is 12.0. The molecule has 0 aliphatic rings. The van der Waals surface area contributed by atoms with E-state index in [-0.39, 0.29) is 52.1 Å². The fourth-order valence-electron chi connectivity index (χ4n) is 2.39. The van der Waals surface area contributed by atoms with Gasteiger partial charge in [-0.1, -0.05) is 23.7 Å². The number of nitrogen functional groups attached to an aromatic ring is 2. The first-order valence-electron chi connectivity index (χ1n) is 9.58. The number of esters is 1. The number of guanidine groups is 1. The number of benzene rings is 2. The van der Waals surface area contributed by atoms with Crippen LogP contribution in [0.2, 0.25) is 5.15 Å². The van der Waals surface area contributed by atoms with E-state index >= 15 is 0 Å². The van der Waals surface area contributed by atoms with Crippen molar-refractivity contribution in [1.82, 2.24) is 9.97 Å². The number of aromatic hydroxyl groups is 1. The number of aliphatic imine (C=N–C) groups is 1. The molecule has 0 saturated carbocycles. The van der Waals surface area contributed by atoms with Crippen molar-refractivity contribution < 1.29 is 24.2 Å². The summed E-state index contributed by atoms with van der Waals surface area (Å²) in [5.41, 5.74) is 21.2. The van der Waals surface area contributed by atoms with E-state index in [4.69, 9.17) is 39.3 Å². The number of phenolic OH excluding ortho intramolecular Hbond substituents is 1. The van der Waals surface area contributed by atoms with Gasteiger partial charge in [0, 0.05) is 12.6 Å². The van der Waals surface area contributed by atoms with Crippen molar-refractivity contribution in [3.05, 3.63) is 64.9 Å². The molecule has 0 unspecified atom stereocenters. The average molecular weight is 537 g/mol. The average Bonchev–Trinajstić information content (AvgIpc) is 2.77. The highest BCUT2D eigenvalue weighted by molar-refractivity contribution is 6.31. The van der Waals surface area contributed by atoms with Crippen molar-refractivity contribution >= 4 is 65.1 Å². The van der Waals surface area contributed by atoms with E-state index in [1.807, 2.05) is 0 Å². The number of hydrogen-bond acceptors (Lipinski definition) is 9. The number of para-hydroxylation sites is 1. The van der Waals surface area contributed by atoms with Crippen molar-refractivity contribution in [3.8, 4) is 11.5 Å². The van der Waals surface area contributed by atoms with Gasteiger partial charge in [-0.2, -0.15) is 4.99 Å². The molecule has 3 aromatic rings. The number of amides is 2. The van der Waals surface area contributed by atoms with Gasteiger partial charge in [0.2, 0.25) is 5.91 Å². The van der Waals surface area contributed by atoms with Crippen molar-refractivity contribution in [2.24, 2.45) is 16.5 Å². The van der Waals surface area contributed by atoms with Crippen LogP contribution >= 0.6 is 24.0 Å². The van der Waals surface area contributed by atoms with E-state index in [1.165, 1.54) is 19.1 Å². The minimum absolute atomic E-state index is 0. The molecule has 0 aliphatic heterocycles. The monoisotopic (exact) mass is 536 g/mol. The summed E-state index contributed by atoms with van der Waals surface area (Å²) >= 11 is 5.55. The van der Waals surface area contributed by atoms with Gasteiger partial charge in [-0.15, -0.1) is 12.4 Å². The quantitative estimate of drug-likeness (QED) is 0.121. The Labute approximate surface area is 215 Å². The third-order valence-electron chi connectivity index (χ3n) is 3.85. The molecule has 0 saturated heterocycles. The summed E-state index contributed by atoms with van der Waals surface area (Å²) in [6.07, 6.45) is 0. The highest BCUT2D eigenvalue weighted by atomic mass is 35.5. The van der Waals surface area contributed by atoms with Crippen LogP contribution in [0, 0.1) is 0 Å². The summed E-state index contributed by atoms with van der Waals surface area (Å²) in [6.45, 7) is 1.41. The van der Waals surface area contributed by atoms with Gasteiger partial charge < -0.3 is 38.1 Å². The van der Waals surface area contributed by atoms with E-state index in [9.17, 15) is 19.5 Å². The summed E-state index contributed by atoms with van der Waals surface area (Å²) in [5.74, 6) is -2.13. The number of aromatic nitrogens is 2. The highest BCUT2D eigenvalue weighted by Crippen LogP contribution is 2.21. The first-order chi connectivity index (χ1) is 16.5. The number of ether oxygens (including phenoxy) is 1. The molecule has 0 atom stereocenters. The number of nitrogens with two attached hydrogens (primary N) is 4. The first kappa shape index (κ1) is 29.4. The van der Waals surface area contributed by atoms with Gasteiger partial charge in [0.25, 0.3) is 0 Å². The smallest absolute Gasteiger partial charge is 0.347 e. The molecule has 0 fully saturated rings. The van der Waals surface area contributed by atoms with Gasteiger partial charge in [0.05, 0.1) is 0 Å². The number of halogens is 2. The molecule has 0 radical (unpaired) electrons. The third kappa shape index (κ3) is 8.62. The second-order valence-corrected chi connectivity index (χ2v) is 6.95. The SMILES string of the molecule is CC(=O)Nc1ccc(OC(=O)c2ccccc2O)cc1.Cl.NC(N)=NC(=O)c1nc(Cl)c(N)nc1N. The van der Waals surface area contributed by atoms with Crippen molar-refractivity contribution in [1.29, 1.82) is 0 Å². The Bertz CT molecular complexity index is 1280. The van der Waals surface area contributed by atoms with Crippen LogP contribution in [0.5, 0.6) is 11.5 Å². The van der Waals surface area contributed by atoms with Crippen LogP contribution in [-0.4, -0.2) is 38.8 Å². The number of rotatable bonds is 4. The molecule has 0 spiro atoms. The van der Waals surface area contributed by atoms with Crippen LogP contribution in [0.4, 0.5) is 17.3 Å². The van der Waals surface area contributed by atoms with E-state index in [0.29, 0.717) is 11.4 Å². The number of nitrogens with zero attached hydrogens (tertiary/aromatic N) is 3. The fourth-order valence-corrected chi connectivity index (χ4v) is 2.51. The molecular weight excluding hydrogens is 515 g/mol. The van der Waals surface area contributed by atoms with Crippen LogP contribution in [0.15, 0.2) is 53.5 Å². The maximum absolute atomic E-state index is 11.8. The molecule has 15 heteroatoms. The molecule has 0 bridgehead atoms. The molecule has 1 heterocycles. The standard InChI is InChI=1S/C15H13NO4.C6H8ClN7O.ClH/c1-10(17)16-11-6-8-12(9-7-11)20-15(19)13-4-2-3-5-14(13)18;7-2-4(9)13-3(8)1(12-2)5(15)14-6(10)11;/h2-9,18H,1H3,(H,16,17);(H4,8,9,13)(H4,10,11,14,15);1H. The van der Waals surface area contributed by atoms with Crippen LogP contribution in [0.1, 0.15) is 27.8 Å². The Morgan fingerprint density at radius 1 is 1.00 bits per heavy atom. The number of carbonyl (C=O) groups excluding carboxylic acids is 3. The van der Waals surface area contributed by atoms with E-state index < -0.39 is 17.8 Å². The van der Waals surface area contributed by atoms with Gasteiger partial charge in [-0.05, 0) is 36.4 Å². The zero-order chi connectivity index (χ0) is 26.1. The number of carbonyl (C=O) groups is 3. The third-order valence-corrected chi connectivity index (χ3v) is 4.13. The predicted molar refractivity (Wildman–Crippen MR) is 137 cm³/mol. The largest absolute Gasteiger partial charge is 0.507 e. The van der Waals surface area contributed by atoms with Gasteiger partial charge in [0.15, 0.2) is 28.4 Å². The summed E-state index contributed by atoms with van der Waals surface area (Å²) in [6, 6.07) is 12.5. The molecule has 13 nitrogen and oxygen atoms in total. The molecule has 1 aromatic heterocycles. The van der Waals surface area contributed by atoms with Crippen molar-refractivity contribution in [2.75, 3.05) is 16.8 Å². The van der Waals surface area contributed by atoms with Gasteiger partial charge in [-0.3, -0.25) is 9.59 Å². The van der Waals surface area contributed by atoms with E-state index in [0.717, 1.165) is 0 Å². The zero-order valence-electron chi connectivity index (χ0n) is 18.6. The molecule has 36 heavy (non-hydrogen) atoms. The van der Waals surface area contributed by atoms with E-state index in [1.54, 1.807) is 36.4 Å². The number of anilines is 3. The lowest BCUT2D eigenvalue weighted by Crippen LogP contribution is -2.24. The summed E-state index contributed by atoms with van der Waals surface area (Å²) < 4.78 is 5.13. The fraction of sp³-hybridized carbons (Fsp3) is 0.0476.